The second-order valence-corrected chi connectivity index (χ2v) is 8.01. The Bertz CT molecular complexity index is 717. The molecule has 1 aromatic carbocycles. The number of aliphatic hydroxyl groups is 1. The molecule has 1 aromatic heterocycles. The van der Waals surface area contributed by atoms with Gasteiger partial charge in [-0.1, -0.05) is 11.6 Å². The zero-order chi connectivity index (χ0) is 16.2. The molecule has 0 amide bonds. The van der Waals surface area contributed by atoms with Crippen LogP contribution in [0.1, 0.15) is 57.1 Å². The van der Waals surface area contributed by atoms with Crippen LogP contribution in [-0.2, 0) is 0 Å². The molecule has 0 aliphatic heterocycles. The Balaban J connectivity index is 1.70. The quantitative estimate of drug-likeness (QED) is 0.833. The molecule has 0 spiro atoms. The number of nitrogens with zero attached hydrogens (tertiary/aromatic N) is 1. The molecule has 5 rings (SSSR count). The lowest BCUT2D eigenvalue weighted by Crippen LogP contribution is -2.48. The number of aromatic nitrogens is 2. The number of aliphatic hydroxyl groups excluding tert-OH is 1. The topological polar surface area (TPSA) is 48.9 Å². The summed E-state index contributed by atoms with van der Waals surface area (Å²) in [6, 6.07) is 3.70. The summed E-state index contributed by atoms with van der Waals surface area (Å²) in [6.45, 7) is 1.69. The average molecular weight is 337 g/mol. The first-order valence-electron chi connectivity index (χ1n) is 8.41. The van der Waals surface area contributed by atoms with Crippen molar-refractivity contribution < 1.29 is 9.50 Å². The Morgan fingerprint density at radius 3 is 2.39 bits per heavy atom. The summed E-state index contributed by atoms with van der Waals surface area (Å²) in [5.41, 5.74) is 1.38. The van der Waals surface area contributed by atoms with Gasteiger partial charge in [0, 0.05) is 26.8 Å². The fraction of sp³-hybridized carbons (Fsp3) is 0.611. The first-order valence-corrected chi connectivity index (χ1v) is 8.78. The van der Waals surface area contributed by atoms with Crippen molar-refractivity contribution >= 4 is 22.5 Å². The summed E-state index contributed by atoms with van der Waals surface area (Å²) in [7, 11) is 0. The van der Waals surface area contributed by atoms with E-state index >= 15 is 0 Å². The zero-order valence-electron chi connectivity index (χ0n) is 13.3. The smallest absolute Gasteiger partial charge is 0.103 e. The molecule has 3 saturated carbocycles. The largest absolute Gasteiger partial charge is 0.388 e. The van der Waals surface area contributed by atoms with Crippen LogP contribution in [-0.4, -0.2) is 21.5 Å². The van der Waals surface area contributed by atoms with Crippen molar-refractivity contribution in [3.63, 3.8) is 0 Å². The lowest BCUT2D eigenvalue weighted by Gasteiger charge is -2.56. The third kappa shape index (κ3) is 2.22. The number of hydrogen-bond donors (Lipinski definition) is 2. The Morgan fingerprint density at radius 2 is 1.78 bits per heavy atom. The third-order valence-electron chi connectivity index (χ3n) is 6.62. The van der Waals surface area contributed by atoms with Crippen molar-refractivity contribution in [1.29, 1.82) is 0 Å². The molecule has 3 fully saturated rings. The molecule has 2 bridgehead atoms. The van der Waals surface area contributed by atoms with E-state index in [1.165, 1.54) is 0 Å². The molecule has 124 valence electrons. The Hall–Kier alpha value is -1.13. The maximum Gasteiger partial charge on any atom is 0.103 e. The molecule has 3 aliphatic carbocycles. The van der Waals surface area contributed by atoms with Crippen molar-refractivity contribution in [3.05, 3.63) is 28.9 Å². The number of fused-ring (bicyclic) bond motifs is 4. The average Bonchev–Trinajstić information content (AvgIpc) is 3.03. The molecule has 3 aliphatic rings. The highest BCUT2D eigenvalue weighted by Gasteiger charge is 2.54. The van der Waals surface area contributed by atoms with E-state index in [0.29, 0.717) is 5.02 Å². The van der Waals surface area contributed by atoms with E-state index in [9.17, 15) is 9.50 Å². The van der Waals surface area contributed by atoms with E-state index in [0.717, 1.165) is 55.0 Å². The van der Waals surface area contributed by atoms with Gasteiger partial charge in [0.15, 0.2) is 0 Å². The molecule has 2 aromatic rings. The lowest BCUT2D eigenvalue weighted by molar-refractivity contribution is -0.111. The van der Waals surface area contributed by atoms with Gasteiger partial charge in [-0.05, 0) is 57.6 Å². The lowest BCUT2D eigenvalue weighted by atomic mass is 9.50. The molecule has 3 nitrogen and oxygen atoms in total. The standard InChI is InChI=1S/C18H22ClFN2O/c1-11(20)17-2-5-18(6-3-17,7-4-17)16(23)14-9-13(19)8-12-10-21-22-15(12)14/h8-11,16,23H,2-7H2,1H3,(H,21,22). The van der Waals surface area contributed by atoms with Gasteiger partial charge in [0.25, 0.3) is 0 Å². The summed E-state index contributed by atoms with van der Waals surface area (Å²) >= 11 is 6.22. The van der Waals surface area contributed by atoms with E-state index in [2.05, 4.69) is 10.2 Å². The molecule has 1 heterocycles. The molecule has 2 N–H and O–H groups in total. The molecular weight excluding hydrogens is 315 g/mol. The molecule has 2 atom stereocenters. The highest BCUT2D eigenvalue weighted by Crippen LogP contribution is 2.63. The highest BCUT2D eigenvalue weighted by molar-refractivity contribution is 6.31. The predicted octanol–water partition coefficient (Wildman–Crippen LogP) is 4.95. The number of hydrogen-bond acceptors (Lipinski definition) is 2. The fourth-order valence-corrected chi connectivity index (χ4v) is 5.08. The molecule has 23 heavy (non-hydrogen) atoms. The van der Waals surface area contributed by atoms with Crippen molar-refractivity contribution in [2.75, 3.05) is 0 Å². The number of nitrogens with one attached hydrogen (secondary N) is 1. The number of rotatable bonds is 3. The van der Waals surface area contributed by atoms with Crippen LogP contribution in [0.3, 0.4) is 0 Å². The fourth-order valence-electron chi connectivity index (χ4n) is 4.84. The van der Waals surface area contributed by atoms with Gasteiger partial charge in [-0.3, -0.25) is 5.10 Å². The zero-order valence-corrected chi connectivity index (χ0v) is 14.0. The maximum absolute atomic E-state index is 14.0. The normalized spacial score (nSPS) is 33.0. The molecule has 0 radical (unpaired) electrons. The summed E-state index contributed by atoms with van der Waals surface area (Å²) in [6.07, 6.45) is 5.63. The summed E-state index contributed by atoms with van der Waals surface area (Å²) in [4.78, 5) is 0. The van der Waals surface area contributed by atoms with Crippen molar-refractivity contribution in [1.82, 2.24) is 10.2 Å². The van der Waals surface area contributed by atoms with Gasteiger partial charge in [0.1, 0.15) is 6.17 Å². The number of halogens is 2. The van der Waals surface area contributed by atoms with E-state index in [4.69, 9.17) is 11.6 Å². The molecule has 2 unspecified atom stereocenters. The van der Waals surface area contributed by atoms with Crippen molar-refractivity contribution in [2.45, 2.75) is 57.7 Å². The number of aromatic amines is 1. The van der Waals surface area contributed by atoms with Crippen LogP contribution in [0.15, 0.2) is 18.3 Å². The van der Waals surface area contributed by atoms with E-state index in [-0.39, 0.29) is 10.8 Å². The third-order valence-corrected chi connectivity index (χ3v) is 6.84. The van der Waals surface area contributed by atoms with Crippen LogP contribution < -0.4 is 0 Å². The number of H-pyrrole nitrogens is 1. The van der Waals surface area contributed by atoms with Crippen LogP contribution in [0, 0.1) is 10.8 Å². The second kappa shape index (κ2) is 5.18. The van der Waals surface area contributed by atoms with E-state index in [1.807, 2.05) is 12.1 Å². The first-order chi connectivity index (χ1) is 11.0. The maximum atomic E-state index is 14.0. The first kappa shape index (κ1) is 15.4. The van der Waals surface area contributed by atoms with Crippen molar-refractivity contribution in [2.24, 2.45) is 10.8 Å². The SMILES string of the molecule is CC(F)C12CCC(C(O)c3cc(Cl)cc4cn[nH]c34)(CC1)CC2. The van der Waals surface area contributed by atoms with Crippen LogP contribution in [0.2, 0.25) is 5.02 Å². The minimum Gasteiger partial charge on any atom is -0.388 e. The van der Waals surface area contributed by atoms with Crippen LogP contribution in [0.4, 0.5) is 4.39 Å². The van der Waals surface area contributed by atoms with Gasteiger partial charge in [0.2, 0.25) is 0 Å². The van der Waals surface area contributed by atoms with E-state index < -0.39 is 12.3 Å². The minimum atomic E-state index is -0.761. The minimum absolute atomic E-state index is 0.153. The molecular formula is C18H22ClFN2O. The van der Waals surface area contributed by atoms with Crippen molar-refractivity contribution in [3.8, 4) is 0 Å². The Morgan fingerprint density at radius 1 is 1.17 bits per heavy atom. The summed E-state index contributed by atoms with van der Waals surface area (Å²) < 4.78 is 14.0. The number of benzene rings is 1. The van der Waals surface area contributed by atoms with Crippen LogP contribution in [0.25, 0.3) is 10.9 Å². The summed E-state index contributed by atoms with van der Waals surface area (Å²) in [5.74, 6) is 0. The number of alkyl halides is 1. The van der Waals surface area contributed by atoms with Gasteiger partial charge in [-0.15, -0.1) is 0 Å². The molecule has 0 saturated heterocycles. The van der Waals surface area contributed by atoms with Gasteiger partial charge in [0.05, 0.1) is 17.8 Å². The van der Waals surface area contributed by atoms with Gasteiger partial charge in [-0.2, -0.15) is 5.10 Å². The van der Waals surface area contributed by atoms with Gasteiger partial charge < -0.3 is 5.11 Å². The Labute approximate surface area is 140 Å². The summed E-state index contributed by atoms with van der Waals surface area (Å²) in [5, 5.41) is 19.8. The van der Waals surface area contributed by atoms with Crippen LogP contribution >= 0.6 is 11.6 Å². The second-order valence-electron chi connectivity index (χ2n) is 7.57. The van der Waals surface area contributed by atoms with E-state index in [1.54, 1.807) is 13.1 Å². The highest BCUT2D eigenvalue weighted by atomic mass is 35.5. The Kier molecular flexibility index (Phi) is 3.47. The van der Waals surface area contributed by atoms with Gasteiger partial charge >= 0.3 is 0 Å². The van der Waals surface area contributed by atoms with Gasteiger partial charge in [-0.25, -0.2) is 4.39 Å². The monoisotopic (exact) mass is 336 g/mol. The molecule has 5 heteroatoms. The van der Waals surface area contributed by atoms with Crippen LogP contribution in [0.5, 0.6) is 0 Å². The predicted molar refractivity (Wildman–Crippen MR) is 89.2 cm³/mol.